The Balaban J connectivity index is 1.69. The lowest BCUT2D eigenvalue weighted by Gasteiger charge is -2.11. The highest BCUT2D eigenvalue weighted by molar-refractivity contribution is 7.71. The fraction of sp³-hybridized carbons (Fsp3) is 0.125. The van der Waals surface area contributed by atoms with Gasteiger partial charge in [-0.1, -0.05) is 30.3 Å². The SMILES string of the molecule is O=C(CC(O)c1ccccc1)Nc1ccc2[nH]c(=S)oc2c1. The van der Waals surface area contributed by atoms with Gasteiger partial charge in [0.2, 0.25) is 5.91 Å². The van der Waals surface area contributed by atoms with Gasteiger partial charge in [0.15, 0.2) is 5.58 Å². The Morgan fingerprint density at radius 1 is 1.27 bits per heavy atom. The molecule has 0 radical (unpaired) electrons. The first-order valence-corrected chi connectivity index (χ1v) is 7.18. The number of carbonyl (C=O) groups is 1. The van der Waals surface area contributed by atoms with Crippen LogP contribution in [-0.4, -0.2) is 16.0 Å². The van der Waals surface area contributed by atoms with E-state index in [9.17, 15) is 9.90 Å². The molecule has 1 atom stereocenters. The summed E-state index contributed by atoms with van der Waals surface area (Å²) in [5.41, 5.74) is 2.65. The second kappa shape index (κ2) is 6.13. The van der Waals surface area contributed by atoms with Crippen molar-refractivity contribution in [3.05, 3.63) is 58.9 Å². The lowest BCUT2D eigenvalue weighted by molar-refractivity contribution is -0.118. The van der Waals surface area contributed by atoms with Crippen LogP contribution in [0.15, 0.2) is 52.9 Å². The molecule has 0 aliphatic heterocycles. The average molecular weight is 314 g/mol. The molecule has 0 saturated carbocycles. The number of nitrogens with one attached hydrogen (secondary N) is 2. The zero-order valence-corrected chi connectivity index (χ0v) is 12.4. The first-order valence-electron chi connectivity index (χ1n) is 6.77. The van der Waals surface area contributed by atoms with Gasteiger partial charge in [-0.15, -0.1) is 0 Å². The van der Waals surface area contributed by atoms with E-state index < -0.39 is 6.10 Å². The number of hydrogen-bond acceptors (Lipinski definition) is 4. The maximum Gasteiger partial charge on any atom is 0.266 e. The van der Waals surface area contributed by atoms with Gasteiger partial charge in [0.25, 0.3) is 4.84 Å². The van der Waals surface area contributed by atoms with Gasteiger partial charge in [-0.2, -0.15) is 0 Å². The monoisotopic (exact) mass is 314 g/mol. The van der Waals surface area contributed by atoms with Gasteiger partial charge >= 0.3 is 0 Å². The zero-order chi connectivity index (χ0) is 15.5. The molecule has 22 heavy (non-hydrogen) atoms. The maximum absolute atomic E-state index is 12.0. The van der Waals surface area contributed by atoms with Crippen molar-refractivity contribution < 1.29 is 14.3 Å². The van der Waals surface area contributed by atoms with Gasteiger partial charge in [-0.25, -0.2) is 0 Å². The Labute approximate surface area is 131 Å². The highest BCUT2D eigenvalue weighted by atomic mass is 32.1. The third kappa shape index (κ3) is 3.24. The minimum atomic E-state index is -0.832. The molecule has 2 aromatic carbocycles. The number of aliphatic hydroxyl groups is 1. The van der Waals surface area contributed by atoms with Gasteiger partial charge in [0.05, 0.1) is 18.0 Å². The number of H-pyrrole nitrogens is 1. The van der Waals surface area contributed by atoms with Crippen LogP contribution < -0.4 is 5.32 Å². The lowest BCUT2D eigenvalue weighted by atomic mass is 10.1. The number of amides is 1. The Morgan fingerprint density at radius 2 is 2.05 bits per heavy atom. The predicted molar refractivity (Wildman–Crippen MR) is 86.0 cm³/mol. The highest BCUT2D eigenvalue weighted by Crippen LogP contribution is 2.20. The van der Waals surface area contributed by atoms with E-state index in [0.717, 1.165) is 5.52 Å². The molecule has 3 rings (SSSR count). The van der Waals surface area contributed by atoms with Crippen LogP contribution >= 0.6 is 12.2 Å². The van der Waals surface area contributed by atoms with Crippen LogP contribution in [0.4, 0.5) is 5.69 Å². The largest absolute Gasteiger partial charge is 0.429 e. The quantitative estimate of drug-likeness (QED) is 0.644. The normalized spacial score (nSPS) is 12.2. The molecule has 5 nitrogen and oxygen atoms in total. The van der Waals surface area contributed by atoms with Crippen LogP contribution in [-0.2, 0) is 4.79 Å². The molecule has 0 fully saturated rings. The number of anilines is 1. The van der Waals surface area contributed by atoms with E-state index in [4.69, 9.17) is 16.6 Å². The first kappa shape index (κ1) is 14.5. The third-order valence-electron chi connectivity index (χ3n) is 3.27. The Bertz CT molecular complexity index is 854. The summed E-state index contributed by atoms with van der Waals surface area (Å²) in [6.45, 7) is 0. The molecular formula is C16H14N2O3S. The first-order chi connectivity index (χ1) is 10.6. The molecular weight excluding hydrogens is 300 g/mol. The van der Waals surface area contributed by atoms with Crippen molar-refractivity contribution >= 4 is 34.9 Å². The molecule has 0 saturated heterocycles. The van der Waals surface area contributed by atoms with Crippen LogP contribution in [0.3, 0.4) is 0 Å². The van der Waals surface area contributed by atoms with E-state index in [-0.39, 0.29) is 17.2 Å². The number of benzene rings is 2. The fourth-order valence-electron chi connectivity index (χ4n) is 2.20. The van der Waals surface area contributed by atoms with Crippen molar-refractivity contribution in [2.75, 3.05) is 5.32 Å². The molecule has 0 spiro atoms. The number of hydrogen-bond donors (Lipinski definition) is 3. The van der Waals surface area contributed by atoms with E-state index in [1.165, 1.54) is 0 Å². The van der Waals surface area contributed by atoms with E-state index in [1.807, 2.05) is 18.2 Å². The molecule has 1 unspecified atom stereocenters. The number of aliphatic hydroxyl groups excluding tert-OH is 1. The van der Waals surface area contributed by atoms with E-state index in [0.29, 0.717) is 16.8 Å². The van der Waals surface area contributed by atoms with Gasteiger partial charge in [-0.05, 0) is 29.9 Å². The van der Waals surface area contributed by atoms with Crippen molar-refractivity contribution in [2.45, 2.75) is 12.5 Å². The topological polar surface area (TPSA) is 78.3 Å². The maximum atomic E-state index is 12.0. The average Bonchev–Trinajstić information content (AvgIpc) is 2.87. The minimum Gasteiger partial charge on any atom is -0.429 e. The van der Waals surface area contributed by atoms with Gasteiger partial charge in [0.1, 0.15) is 0 Å². The summed E-state index contributed by atoms with van der Waals surface area (Å²) in [6, 6.07) is 14.3. The molecule has 3 N–H and O–H groups in total. The molecule has 0 aliphatic carbocycles. The number of carbonyl (C=O) groups excluding carboxylic acids is 1. The van der Waals surface area contributed by atoms with Crippen molar-refractivity contribution in [3.8, 4) is 0 Å². The molecule has 3 aromatic rings. The van der Waals surface area contributed by atoms with Crippen molar-refractivity contribution in [1.29, 1.82) is 0 Å². The molecule has 0 aliphatic rings. The van der Waals surface area contributed by atoms with Crippen LogP contribution in [0.1, 0.15) is 18.1 Å². The number of oxazole rings is 1. The number of aromatic nitrogens is 1. The van der Waals surface area contributed by atoms with E-state index in [1.54, 1.807) is 30.3 Å². The number of rotatable bonds is 4. The van der Waals surface area contributed by atoms with Gasteiger partial charge in [0, 0.05) is 11.8 Å². The van der Waals surface area contributed by atoms with Gasteiger partial charge in [-0.3, -0.25) is 4.79 Å². The van der Waals surface area contributed by atoms with Crippen molar-refractivity contribution in [2.24, 2.45) is 0 Å². The van der Waals surface area contributed by atoms with Crippen LogP contribution in [0.5, 0.6) is 0 Å². The standard InChI is InChI=1S/C16H14N2O3S/c19-13(10-4-2-1-3-5-10)9-15(20)17-11-6-7-12-14(8-11)21-16(22)18-12/h1-8,13,19H,9H2,(H,17,20)(H,18,22). The summed E-state index contributed by atoms with van der Waals surface area (Å²) in [7, 11) is 0. The molecule has 1 aromatic heterocycles. The van der Waals surface area contributed by atoms with Crippen molar-refractivity contribution in [3.63, 3.8) is 0 Å². The van der Waals surface area contributed by atoms with Crippen molar-refractivity contribution in [1.82, 2.24) is 4.98 Å². The molecule has 1 heterocycles. The Hall–Kier alpha value is -2.44. The number of fused-ring (bicyclic) bond motifs is 1. The summed E-state index contributed by atoms with van der Waals surface area (Å²) < 4.78 is 5.30. The molecule has 0 bridgehead atoms. The summed E-state index contributed by atoms with van der Waals surface area (Å²) in [5.74, 6) is -0.273. The third-order valence-corrected chi connectivity index (χ3v) is 3.45. The summed E-state index contributed by atoms with van der Waals surface area (Å²) in [5, 5.41) is 12.8. The Morgan fingerprint density at radius 3 is 2.82 bits per heavy atom. The van der Waals surface area contributed by atoms with Gasteiger partial charge < -0.3 is 19.8 Å². The molecule has 1 amide bonds. The predicted octanol–water partition coefficient (Wildman–Crippen LogP) is 3.55. The second-order valence-corrected chi connectivity index (χ2v) is 5.28. The minimum absolute atomic E-state index is 0.0153. The summed E-state index contributed by atoms with van der Waals surface area (Å²) in [6.07, 6.45) is -0.848. The summed E-state index contributed by atoms with van der Waals surface area (Å²) in [4.78, 5) is 15.2. The van der Waals surface area contributed by atoms with E-state index in [2.05, 4.69) is 10.3 Å². The molecule has 6 heteroatoms. The summed E-state index contributed by atoms with van der Waals surface area (Å²) >= 11 is 4.91. The van der Waals surface area contributed by atoms with Crippen LogP contribution in [0.25, 0.3) is 11.1 Å². The zero-order valence-electron chi connectivity index (χ0n) is 11.6. The fourth-order valence-corrected chi connectivity index (χ4v) is 2.40. The highest BCUT2D eigenvalue weighted by Gasteiger charge is 2.13. The smallest absolute Gasteiger partial charge is 0.266 e. The number of aromatic amines is 1. The second-order valence-electron chi connectivity index (χ2n) is 4.90. The molecule has 112 valence electrons. The van der Waals surface area contributed by atoms with E-state index >= 15 is 0 Å². The van der Waals surface area contributed by atoms with Crippen LogP contribution in [0, 0.1) is 4.84 Å². The van der Waals surface area contributed by atoms with Crippen LogP contribution in [0.2, 0.25) is 0 Å². The lowest BCUT2D eigenvalue weighted by Crippen LogP contribution is -2.15. The Kier molecular flexibility index (Phi) is 4.04.